The van der Waals surface area contributed by atoms with Crippen molar-refractivity contribution in [3.05, 3.63) is 41.5 Å². The Morgan fingerprint density at radius 2 is 1.89 bits per heavy atom. The van der Waals surface area contributed by atoms with Crippen LogP contribution in [0.5, 0.6) is 0 Å². The number of benzene rings is 1. The standard InChI is InChI=1S/C17H23N/c1-2-7-17-15(5-1)8-9-16(17)6-3-4-14-10-12-18-13-11-14/h1-2,5,7-9,14,16,18H,3-4,6,10-13H2. The fourth-order valence-corrected chi connectivity index (χ4v) is 3.37. The van der Waals surface area contributed by atoms with Crippen molar-refractivity contribution in [2.24, 2.45) is 5.92 Å². The summed E-state index contributed by atoms with van der Waals surface area (Å²) < 4.78 is 0. The average Bonchev–Trinajstić information content (AvgIpc) is 2.84. The first-order valence-corrected chi connectivity index (χ1v) is 7.41. The molecule has 1 aliphatic heterocycles. The summed E-state index contributed by atoms with van der Waals surface area (Å²) in [5.41, 5.74) is 2.98. The van der Waals surface area contributed by atoms with E-state index in [1.165, 1.54) is 50.8 Å². The minimum atomic E-state index is 0.683. The van der Waals surface area contributed by atoms with E-state index in [0.717, 1.165) is 5.92 Å². The first-order chi connectivity index (χ1) is 8.93. The number of rotatable bonds is 4. The van der Waals surface area contributed by atoms with Crippen molar-refractivity contribution in [2.45, 2.75) is 38.0 Å². The second-order valence-electron chi connectivity index (χ2n) is 5.72. The summed E-state index contributed by atoms with van der Waals surface area (Å²) in [4.78, 5) is 0. The maximum absolute atomic E-state index is 3.45. The maximum Gasteiger partial charge on any atom is 0.00272 e. The van der Waals surface area contributed by atoms with Crippen molar-refractivity contribution in [1.82, 2.24) is 5.32 Å². The number of nitrogens with one attached hydrogen (secondary N) is 1. The zero-order valence-corrected chi connectivity index (χ0v) is 11.1. The molecule has 1 heterocycles. The van der Waals surface area contributed by atoms with Gasteiger partial charge in [0.15, 0.2) is 0 Å². The molecular formula is C17H23N. The minimum Gasteiger partial charge on any atom is -0.317 e. The molecule has 1 aromatic carbocycles. The van der Waals surface area contributed by atoms with Gasteiger partial charge in [-0.2, -0.15) is 0 Å². The molecule has 1 fully saturated rings. The Morgan fingerprint density at radius 3 is 2.78 bits per heavy atom. The fourth-order valence-electron chi connectivity index (χ4n) is 3.37. The Hall–Kier alpha value is -1.08. The molecule has 0 amide bonds. The molecule has 1 atom stereocenters. The van der Waals surface area contributed by atoms with E-state index in [2.05, 4.69) is 41.7 Å². The van der Waals surface area contributed by atoms with Crippen LogP contribution >= 0.6 is 0 Å². The van der Waals surface area contributed by atoms with E-state index in [1.807, 2.05) is 0 Å². The van der Waals surface area contributed by atoms with E-state index in [4.69, 9.17) is 0 Å². The molecular weight excluding hydrogens is 218 g/mol. The van der Waals surface area contributed by atoms with Crippen molar-refractivity contribution in [2.75, 3.05) is 13.1 Å². The second kappa shape index (κ2) is 5.71. The highest BCUT2D eigenvalue weighted by atomic mass is 14.9. The average molecular weight is 241 g/mol. The van der Waals surface area contributed by atoms with Crippen molar-refractivity contribution in [1.29, 1.82) is 0 Å². The van der Waals surface area contributed by atoms with E-state index >= 15 is 0 Å². The quantitative estimate of drug-likeness (QED) is 0.841. The maximum atomic E-state index is 3.45. The van der Waals surface area contributed by atoms with Crippen LogP contribution in [-0.2, 0) is 0 Å². The highest BCUT2D eigenvalue weighted by Crippen LogP contribution is 2.34. The van der Waals surface area contributed by atoms with Gasteiger partial charge in [0, 0.05) is 5.92 Å². The molecule has 0 radical (unpaired) electrons. The zero-order chi connectivity index (χ0) is 12.2. The lowest BCUT2D eigenvalue weighted by Crippen LogP contribution is -2.27. The highest BCUT2D eigenvalue weighted by molar-refractivity contribution is 5.62. The van der Waals surface area contributed by atoms with Gasteiger partial charge >= 0.3 is 0 Å². The van der Waals surface area contributed by atoms with Gasteiger partial charge in [0.1, 0.15) is 0 Å². The van der Waals surface area contributed by atoms with Crippen LogP contribution in [0.15, 0.2) is 30.3 Å². The normalized spacial score (nSPS) is 23.2. The Balaban J connectivity index is 1.48. The molecule has 96 valence electrons. The molecule has 1 unspecified atom stereocenters. The summed E-state index contributed by atoms with van der Waals surface area (Å²) in [6.45, 7) is 2.47. The largest absolute Gasteiger partial charge is 0.317 e. The zero-order valence-electron chi connectivity index (χ0n) is 11.1. The molecule has 1 saturated heterocycles. The highest BCUT2D eigenvalue weighted by Gasteiger charge is 2.17. The third-order valence-corrected chi connectivity index (χ3v) is 4.49. The van der Waals surface area contributed by atoms with E-state index in [-0.39, 0.29) is 0 Å². The predicted octanol–water partition coefficient (Wildman–Crippen LogP) is 3.97. The molecule has 1 aliphatic carbocycles. The lowest BCUT2D eigenvalue weighted by molar-refractivity contribution is 0.342. The number of piperidine rings is 1. The number of hydrogen-bond acceptors (Lipinski definition) is 1. The Morgan fingerprint density at radius 1 is 1.06 bits per heavy atom. The molecule has 3 rings (SSSR count). The van der Waals surface area contributed by atoms with Crippen molar-refractivity contribution in [3.63, 3.8) is 0 Å². The van der Waals surface area contributed by atoms with E-state index in [9.17, 15) is 0 Å². The van der Waals surface area contributed by atoms with Crippen LogP contribution in [0.1, 0.15) is 49.1 Å². The third-order valence-electron chi connectivity index (χ3n) is 4.49. The molecule has 0 saturated carbocycles. The molecule has 0 bridgehead atoms. The van der Waals surface area contributed by atoms with Crippen LogP contribution in [0, 0.1) is 5.92 Å². The van der Waals surface area contributed by atoms with Crippen LogP contribution in [0.2, 0.25) is 0 Å². The number of hydrogen-bond donors (Lipinski definition) is 1. The molecule has 0 aromatic heterocycles. The van der Waals surface area contributed by atoms with Crippen LogP contribution in [-0.4, -0.2) is 13.1 Å². The Bertz CT molecular complexity index is 415. The molecule has 1 nitrogen and oxygen atoms in total. The summed E-state index contributed by atoms with van der Waals surface area (Å²) in [5.74, 6) is 1.66. The molecule has 1 aromatic rings. The van der Waals surface area contributed by atoms with Crippen LogP contribution in [0.3, 0.4) is 0 Å². The van der Waals surface area contributed by atoms with E-state index in [1.54, 1.807) is 5.56 Å². The van der Waals surface area contributed by atoms with Crippen molar-refractivity contribution >= 4 is 6.08 Å². The van der Waals surface area contributed by atoms with Gasteiger partial charge < -0.3 is 5.32 Å². The Labute approximate surface area is 110 Å². The number of fused-ring (bicyclic) bond motifs is 1. The first kappa shape index (κ1) is 12.0. The van der Waals surface area contributed by atoms with Gasteiger partial charge in [-0.3, -0.25) is 0 Å². The summed E-state index contributed by atoms with van der Waals surface area (Å²) in [7, 11) is 0. The molecule has 1 heteroatoms. The van der Waals surface area contributed by atoms with Gasteiger partial charge in [-0.05, 0) is 49.4 Å². The molecule has 18 heavy (non-hydrogen) atoms. The van der Waals surface area contributed by atoms with Crippen LogP contribution in [0.4, 0.5) is 0 Å². The van der Waals surface area contributed by atoms with E-state index in [0.29, 0.717) is 5.92 Å². The van der Waals surface area contributed by atoms with Crippen LogP contribution in [0.25, 0.3) is 6.08 Å². The minimum absolute atomic E-state index is 0.683. The first-order valence-electron chi connectivity index (χ1n) is 7.41. The lowest BCUT2D eigenvalue weighted by Gasteiger charge is -2.23. The number of allylic oxidation sites excluding steroid dienone is 1. The van der Waals surface area contributed by atoms with Gasteiger partial charge in [0.05, 0.1) is 0 Å². The van der Waals surface area contributed by atoms with Crippen molar-refractivity contribution < 1.29 is 0 Å². The lowest BCUT2D eigenvalue weighted by atomic mass is 9.89. The van der Waals surface area contributed by atoms with Crippen LogP contribution < -0.4 is 5.32 Å². The monoisotopic (exact) mass is 241 g/mol. The summed E-state index contributed by atoms with van der Waals surface area (Å²) in [6, 6.07) is 8.84. The predicted molar refractivity (Wildman–Crippen MR) is 77.7 cm³/mol. The molecule has 0 spiro atoms. The summed E-state index contributed by atoms with van der Waals surface area (Å²) in [5, 5.41) is 3.45. The molecule has 2 aliphatic rings. The van der Waals surface area contributed by atoms with Gasteiger partial charge in [-0.15, -0.1) is 0 Å². The third kappa shape index (κ3) is 2.67. The van der Waals surface area contributed by atoms with Gasteiger partial charge in [-0.1, -0.05) is 49.3 Å². The SMILES string of the molecule is C1=CC(CCCC2CCNCC2)c2ccccc21. The van der Waals surface area contributed by atoms with Gasteiger partial charge in [-0.25, -0.2) is 0 Å². The summed E-state index contributed by atoms with van der Waals surface area (Å²) >= 11 is 0. The molecule has 1 N–H and O–H groups in total. The van der Waals surface area contributed by atoms with Crippen molar-refractivity contribution in [3.8, 4) is 0 Å². The van der Waals surface area contributed by atoms with Gasteiger partial charge in [0.2, 0.25) is 0 Å². The Kier molecular flexibility index (Phi) is 3.80. The summed E-state index contributed by atoms with van der Waals surface area (Å²) in [6.07, 6.45) is 11.6. The fraction of sp³-hybridized carbons (Fsp3) is 0.529. The van der Waals surface area contributed by atoms with E-state index < -0.39 is 0 Å². The van der Waals surface area contributed by atoms with Gasteiger partial charge in [0.25, 0.3) is 0 Å². The topological polar surface area (TPSA) is 12.0 Å². The second-order valence-corrected chi connectivity index (χ2v) is 5.72. The smallest absolute Gasteiger partial charge is 0.00272 e.